The molecule has 168 valence electrons. The van der Waals surface area contributed by atoms with Gasteiger partial charge in [-0.3, -0.25) is 9.59 Å². The Kier molecular flexibility index (Phi) is 6.87. The average Bonchev–Trinajstić information content (AvgIpc) is 2.96. The van der Waals surface area contributed by atoms with Crippen molar-refractivity contribution in [3.05, 3.63) is 82.6 Å². The Morgan fingerprint density at radius 2 is 1.62 bits per heavy atom. The number of para-hydroxylation sites is 1. The van der Waals surface area contributed by atoms with E-state index in [4.69, 9.17) is 0 Å². The van der Waals surface area contributed by atoms with E-state index >= 15 is 0 Å². The van der Waals surface area contributed by atoms with Crippen LogP contribution in [-0.2, 0) is 9.59 Å². The number of amides is 2. The average molecular weight is 433 g/mol. The van der Waals surface area contributed by atoms with Crippen molar-refractivity contribution in [1.82, 2.24) is 5.32 Å². The molecule has 1 aliphatic rings. The lowest BCUT2D eigenvalue weighted by Gasteiger charge is -2.23. The zero-order chi connectivity index (χ0) is 23.5. The fourth-order valence-electron chi connectivity index (χ4n) is 3.98. The summed E-state index contributed by atoms with van der Waals surface area (Å²) in [5, 5.41) is 16.6. The molecule has 0 aromatic heterocycles. The van der Waals surface area contributed by atoms with E-state index in [2.05, 4.69) is 38.3 Å². The van der Waals surface area contributed by atoms with Gasteiger partial charge in [0, 0.05) is 5.69 Å². The van der Waals surface area contributed by atoms with Gasteiger partial charge in [-0.25, -0.2) is 0 Å². The molecule has 0 radical (unpaired) electrons. The molecule has 1 unspecified atom stereocenters. The molecule has 5 nitrogen and oxygen atoms in total. The highest BCUT2D eigenvalue weighted by molar-refractivity contribution is 6.25. The zero-order valence-electron chi connectivity index (χ0n) is 19.4. The van der Waals surface area contributed by atoms with Crippen molar-refractivity contribution in [2.75, 3.05) is 5.32 Å². The molecule has 0 spiro atoms. The van der Waals surface area contributed by atoms with Crippen molar-refractivity contribution < 1.29 is 14.7 Å². The van der Waals surface area contributed by atoms with Gasteiger partial charge in [0.1, 0.15) is 11.3 Å². The van der Waals surface area contributed by atoms with Crippen molar-refractivity contribution >= 4 is 23.6 Å². The number of aliphatic hydroxyl groups is 1. The SMILES string of the molecule is CC(C)c1cccc(C(C)C)c1NC(=O)C1=C(O)C(C)(C/C=C/c2ccccc2)NC1=O. The highest BCUT2D eigenvalue weighted by Crippen LogP contribution is 2.34. The molecule has 3 rings (SSSR count). The Hall–Kier alpha value is -3.34. The van der Waals surface area contributed by atoms with E-state index in [0.717, 1.165) is 16.7 Å². The number of rotatable bonds is 7. The third kappa shape index (κ3) is 4.77. The normalized spacial score (nSPS) is 18.7. The van der Waals surface area contributed by atoms with E-state index in [1.807, 2.05) is 60.7 Å². The lowest BCUT2D eigenvalue weighted by atomic mass is 9.92. The summed E-state index contributed by atoms with van der Waals surface area (Å²) in [5.74, 6) is -1.00. The van der Waals surface area contributed by atoms with Gasteiger partial charge in [-0.2, -0.15) is 0 Å². The summed E-state index contributed by atoms with van der Waals surface area (Å²) in [5.41, 5.74) is 2.47. The van der Waals surface area contributed by atoms with Crippen LogP contribution in [0.1, 0.15) is 69.6 Å². The highest BCUT2D eigenvalue weighted by atomic mass is 16.3. The molecule has 0 saturated heterocycles. The first-order chi connectivity index (χ1) is 15.1. The second-order valence-electron chi connectivity index (χ2n) is 9.10. The number of anilines is 1. The predicted octanol–water partition coefficient (Wildman–Crippen LogP) is 5.68. The van der Waals surface area contributed by atoms with Gasteiger partial charge in [0.05, 0.1) is 5.54 Å². The van der Waals surface area contributed by atoms with Crippen LogP contribution in [0.25, 0.3) is 6.08 Å². The van der Waals surface area contributed by atoms with E-state index in [-0.39, 0.29) is 23.2 Å². The van der Waals surface area contributed by atoms with Crippen LogP contribution in [0.3, 0.4) is 0 Å². The molecule has 1 atom stereocenters. The lowest BCUT2D eigenvalue weighted by molar-refractivity contribution is -0.121. The van der Waals surface area contributed by atoms with Crippen LogP contribution in [0.2, 0.25) is 0 Å². The van der Waals surface area contributed by atoms with Gasteiger partial charge in [-0.15, -0.1) is 0 Å². The third-order valence-electron chi connectivity index (χ3n) is 5.85. The van der Waals surface area contributed by atoms with E-state index in [1.165, 1.54) is 0 Å². The Balaban J connectivity index is 1.87. The van der Waals surface area contributed by atoms with E-state index in [1.54, 1.807) is 6.92 Å². The number of carbonyl (C=O) groups excluding carboxylic acids is 2. The summed E-state index contributed by atoms with van der Waals surface area (Å²) in [7, 11) is 0. The van der Waals surface area contributed by atoms with Crippen LogP contribution in [0.4, 0.5) is 5.69 Å². The van der Waals surface area contributed by atoms with Crippen LogP contribution in [0.15, 0.2) is 65.9 Å². The van der Waals surface area contributed by atoms with Crippen molar-refractivity contribution in [1.29, 1.82) is 0 Å². The first-order valence-electron chi connectivity index (χ1n) is 11.1. The molecule has 5 heteroatoms. The topological polar surface area (TPSA) is 78.4 Å². The molecule has 3 N–H and O–H groups in total. The highest BCUT2D eigenvalue weighted by Gasteiger charge is 2.44. The Morgan fingerprint density at radius 1 is 1.03 bits per heavy atom. The largest absolute Gasteiger partial charge is 0.509 e. The van der Waals surface area contributed by atoms with Crippen molar-refractivity contribution in [3.63, 3.8) is 0 Å². The summed E-state index contributed by atoms with van der Waals surface area (Å²) in [4.78, 5) is 25.8. The maximum Gasteiger partial charge on any atom is 0.264 e. The minimum absolute atomic E-state index is 0.192. The van der Waals surface area contributed by atoms with Crippen LogP contribution in [0, 0.1) is 0 Å². The first-order valence-corrected chi connectivity index (χ1v) is 11.1. The van der Waals surface area contributed by atoms with Gasteiger partial charge in [0.2, 0.25) is 0 Å². The summed E-state index contributed by atoms with van der Waals surface area (Å²) < 4.78 is 0. The quantitative estimate of drug-likeness (QED) is 0.493. The molecule has 2 aromatic rings. The number of carbonyl (C=O) groups is 2. The molecule has 1 aliphatic heterocycles. The molecule has 2 aromatic carbocycles. The van der Waals surface area contributed by atoms with Gasteiger partial charge < -0.3 is 15.7 Å². The van der Waals surface area contributed by atoms with Crippen molar-refractivity contribution in [2.24, 2.45) is 0 Å². The van der Waals surface area contributed by atoms with Gasteiger partial charge in [0.15, 0.2) is 0 Å². The van der Waals surface area contributed by atoms with Crippen LogP contribution in [-0.4, -0.2) is 22.5 Å². The van der Waals surface area contributed by atoms with E-state index in [9.17, 15) is 14.7 Å². The standard InChI is InChI=1S/C27H32N2O3/c1-17(2)20-14-9-15-21(18(3)4)23(20)28-25(31)22-24(30)27(5,29-26(22)32)16-10-13-19-11-7-6-8-12-19/h6-15,17-18,30H,16H2,1-5H3,(H,28,31)(H,29,32)/b13-10+. The molecule has 0 fully saturated rings. The Bertz CT molecular complexity index is 1040. The van der Waals surface area contributed by atoms with Gasteiger partial charge in [-0.1, -0.05) is 88.4 Å². The van der Waals surface area contributed by atoms with Crippen LogP contribution in [0.5, 0.6) is 0 Å². The molecule has 1 heterocycles. The molecule has 0 bridgehead atoms. The molecule has 0 saturated carbocycles. The zero-order valence-corrected chi connectivity index (χ0v) is 19.4. The fraction of sp³-hybridized carbons (Fsp3) is 0.333. The van der Waals surface area contributed by atoms with Crippen molar-refractivity contribution in [3.8, 4) is 0 Å². The van der Waals surface area contributed by atoms with E-state index < -0.39 is 17.4 Å². The lowest BCUT2D eigenvalue weighted by Crippen LogP contribution is -2.41. The summed E-state index contributed by atoms with van der Waals surface area (Å²) in [6.45, 7) is 9.96. The summed E-state index contributed by atoms with van der Waals surface area (Å²) in [6, 6.07) is 15.7. The molecular weight excluding hydrogens is 400 g/mol. The number of hydrogen-bond donors (Lipinski definition) is 3. The minimum atomic E-state index is -1.03. The molecule has 2 amide bonds. The van der Waals surface area contributed by atoms with Crippen LogP contribution >= 0.6 is 0 Å². The second-order valence-corrected chi connectivity index (χ2v) is 9.10. The second kappa shape index (κ2) is 9.43. The molecule has 0 aliphatic carbocycles. The van der Waals surface area contributed by atoms with E-state index in [0.29, 0.717) is 12.1 Å². The Morgan fingerprint density at radius 3 is 2.19 bits per heavy atom. The predicted molar refractivity (Wildman–Crippen MR) is 130 cm³/mol. The molecule has 32 heavy (non-hydrogen) atoms. The monoisotopic (exact) mass is 432 g/mol. The first kappa shape index (κ1) is 23.3. The summed E-state index contributed by atoms with van der Waals surface area (Å²) in [6.07, 6.45) is 4.17. The van der Waals surface area contributed by atoms with Crippen LogP contribution < -0.4 is 10.6 Å². The maximum atomic E-state index is 13.2. The maximum absolute atomic E-state index is 13.2. The fourth-order valence-corrected chi connectivity index (χ4v) is 3.98. The minimum Gasteiger partial charge on any atom is -0.509 e. The number of hydrogen-bond acceptors (Lipinski definition) is 3. The number of benzene rings is 2. The van der Waals surface area contributed by atoms with Crippen molar-refractivity contribution in [2.45, 2.75) is 58.4 Å². The van der Waals surface area contributed by atoms with Gasteiger partial charge >= 0.3 is 0 Å². The Labute approximate surface area is 190 Å². The van der Waals surface area contributed by atoms with Gasteiger partial charge in [-0.05, 0) is 41.9 Å². The molecular formula is C27H32N2O3. The van der Waals surface area contributed by atoms with Gasteiger partial charge in [0.25, 0.3) is 11.8 Å². The smallest absolute Gasteiger partial charge is 0.264 e. The summed E-state index contributed by atoms with van der Waals surface area (Å²) >= 11 is 0. The third-order valence-corrected chi connectivity index (χ3v) is 5.85. The number of nitrogens with one attached hydrogen (secondary N) is 2. The number of aliphatic hydroxyl groups excluding tert-OH is 1.